The molecule has 1 heterocycles. The molecule has 6 heteroatoms. The maximum atomic E-state index is 11.9. The lowest BCUT2D eigenvalue weighted by molar-refractivity contribution is -0.143. The van der Waals surface area contributed by atoms with Crippen LogP contribution in [0, 0.1) is 5.92 Å². The first-order chi connectivity index (χ1) is 10.6. The number of nitrogens with one attached hydrogen (secondary N) is 1. The molecule has 1 aliphatic rings. The highest BCUT2D eigenvalue weighted by molar-refractivity contribution is 5.85. The molecule has 2 N–H and O–H groups in total. The van der Waals surface area contributed by atoms with E-state index in [9.17, 15) is 9.59 Å². The van der Waals surface area contributed by atoms with Crippen molar-refractivity contribution in [2.24, 2.45) is 5.92 Å². The lowest BCUT2D eigenvalue weighted by atomic mass is 9.97. The summed E-state index contributed by atoms with van der Waals surface area (Å²) >= 11 is 0. The van der Waals surface area contributed by atoms with E-state index < -0.39 is 5.97 Å². The predicted octanol–water partition coefficient (Wildman–Crippen LogP) is 1.95. The molecule has 1 amide bonds. The van der Waals surface area contributed by atoms with E-state index in [4.69, 9.17) is 5.11 Å². The number of hydrogen-bond acceptors (Lipinski definition) is 3. The largest absolute Gasteiger partial charge is 0.481 e. The Hall–Kier alpha value is -1.59. The minimum atomic E-state index is -0.718. The van der Waals surface area contributed by atoms with Crippen molar-refractivity contribution in [3.63, 3.8) is 0 Å². The van der Waals surface area contributed by atoms with Crippen molar-refractivity contribution in [3.05, 3.63) is 35.9 Å². The summed E-state index contributed by atoms with van der Waals surface area (Å²) in [6.45, 7) is 2.43. The van der Waals surface area contributed by atoms with Crippen LogP contribution in [0.3, 0.4) is 0 Å². The molecule has 5 nitrogen and oxygen atoms in total. The zero-order valence-electron chi connectivity index (χ0n) is 13.2. The van der Waals surface area contributed by atoms with Crippen molar-refractivity contribution >= 4 is 24.3 Å². The molecule has 1 fully saturated rings. The summed E-state index contributed by atoms with van der Waals surface area (Å²) in [5.74, 6) is -0.933. The van der Waals surface area contributed by atoms with Crippen LogP contribution >= 0.6 is 12.4 Å². The number of likely N-dealkylation sites (tertiary alicyclic amines) is 1. The van der Waals surface area contributed by atoms with Gasteiger partial charge >= 0.3 is 5.97 Å². The molecule has 1 aliphatic heterocycles. The summed E-state index contributed by atoms with van der Waals surface area (Å²) in [6.07, 6.45) is 3.16. The van der Waals surface area contributed by atoms with E-state index in [0.717, 1.165) is 12.8 Å². The Balaban J connectivity index is 0.00000264. The van der Waals surface area contributed by atoms with Crippen molar-refractivity contribution < 1.29 is 14.7 Å². The van der Waals surface area contributed by atoms with Gasteiger partial charge < -0.3 is 10.4 Å². The monoisotopic (exact) mass is 340 g/mol. The molecule has 1 aromatic rings. The van der Waals surface area contributed by atoms with Crippen LogP contribution in [0.4, 0.5) is 0 Å². The fourth-order valence-corrected chi connectivity index (χ4v) is 2.76. The molecule has 0 spiro atoms. The van der Waals surface area contributed by atoms with Crippen LogP contribution in [0.1, 0.15) is 24.8 Å². The minimum Gasteiger partial charge on any atom is -0.481 e. The summed E-state index contributed by atoms with van der Waals surface area (Å²) < 4.78 is 0. The number of carboxylic acid groups (broad SMARTS) is 1. The summed E-state index contributed by atoms with van der Waals surface area (Å²) in [4.78, 5) is 24.8. The second-order valence-corrected chi connectivity index (χ2v) is 5.83. The van der Waals surface area contributed by atoms with Crippen LogP contribution in [0.5, 0.6) is 0 Å². The Kier molecular flexibility index (Phi) is 8.66. The van der Waals surface area contributed by atoms with Crippen molar-refractivity contribution in [1.29, 1.82) is 0 Å². The van der Waals surface area contributed by atoms with E-state index in [2.05, 4.69) is 17.4 Å². The number of nitrogens with zero attached hydrogens (tertiary/aromatic N) is 1. The summed E-state index contributed by atoms with van der Waals surface area (Å²) in [5.41, 5.74) is 1.28. The summed E-state index contributed by atoms with van der Waals surface area (Å²) in [7, 11) is 0. The molecule has 0 aromatic heterocycles. The van der Waals surface area contributed by atoms with E-state index >= 15 is 0 Å². The van der Waals surface area contributed by atoms with Gasteiger partial charge in [-0.3, -0.25) is 14.5 Å². The second kappa shape index (κ2) is 10.2. The lowest BCUT2D eigenvalue weighted by Gasteiger charge is -2.29. The molecule has 2 rings (SSSR count). The SMILES string of the molecule is Cl.O=C(CN1CCC(C(=O)O)CC1)NCCCc1ccccc1. The summed E-state index contributed by atoms with van der Waals surface area (Å²) in [5, 5.41) is 11.9. The maximum absolute atomic E-state index is 11.9. The average molecular weight is 341 g/mol. The van der Waals surface area contributed by atoms with Crippen molar-refractivity contribution in [2.45, 2.75) is 25.7 Å². The van der Waals surface area contributed by atoms with Gasteiger partial charge in [0.2, 0.25) is 5.91 Å². The molecular weight excluding hydrogens is 316 g/mol. The first-order valence-corrected chi connectivity index (χ1v) is 7.91. The number of aryl methyl sites for hydroxylation is 1. The van der Waals surface area contributed by atoms with Gasteiger partial charge in [-0.15, -0.1) is 12.4 Å². The Morgan fingerprint density at radius 3 is 2.43 bits per heavy atom. The normalized spacial score (nSPS) is 15.7. The Morgan fingerprint density at radius 2 is 1.83 bits per heavy atom. The number of carboxylic acids is 1. The number of halogens is 1. The number of piperidine rings is 1. The standard InChI is InChI=1S/C17H24N2O3.ClH/c20-16(13-19-11-8-15(9-12-19)17(21)22)18-10-4-7-14-5-2-1-3-6-14;/h1-3,5-6,15H,4,7-13H2,(H,18,20)(H,21,22);1H. The van der Waals surface area contributed by atoms with Crippen LogP contribution < -0.4 is 5.32 Å². The molecular formula is C17H25ClN2O3. The average Bonchev–Trinajstić information content (AvgIpc) is 2.53. The highest BCUT2D eigenvalue weighted by Crippen LogP contribution is 2.16. The molecule has 0 aliphatic carbocycles. The van der Waals surface area contributed by atoms with Gasteiger partial charge in [0.05, 0.1) is 12.5 Å². The number of rotatable bonds is 7. The first kappa shape index (κ1) is 19.5. The molecule has 128 valence electrons. The van der Waals surface area contributed by atoms with E-state index in [0.29, 0.717) is 39.0 Å². The van der Waals surface area contributed by atoms with Gasteiger partial charge in [-0.25, -0.2) is 0 Å². The zero-order valence-corrected chi connectivity index (χ0v) is 14.1. The first-order valence-electron chi connectivity index (χ1n) is 7.91. The van der Waals surface area contributed by atoms with E-state index in [1.807, 2.05) is 23.1 Å². The van der Waals surface area contributed by atoms with Gasteiger partial charge in [-0.1, -0.05) is 30.3 Å². The third-order valence-electron chi connectivity index (χ3n) is 4.11. The number of hydrogen-bond donors (Lipinski definition) is 2. The van der Waals surface area contributed by atoms with Crippen molar-refractivity contribution in [2.75, 3.05) is 26.2 Å². The quantitative estimate of drug-likeness (QED) is 0.744. The topological polar surface area (TPSA) is 69.6 Å². The van der Waals surface area contributed by atoms with Gasteiger partial charge in [0.1, 0.15) is 0 Å². The van der Waals surface area contributed by atoms with E-state index in [1.54, 1.807) is 0 Å². The number of aliphatic carboxylic acids is 1. The Bertz CT molecular complexity index is 488. The van der Waals surface area contributed by atoms with Crippen molar-refractivity contribution in [3.8, 4) is 0 Å². The van der Waals surface area contributed by atoms with Gasteiger partial charge in [0.25, 0.3) is 0 Å². The lowest BCUT2D eigenvalue weighted by Crippen LogP contribution is -2.42. The van der Waals surface area contributed by atoms with Crippen molar-refractivity contribution in [1.82, 2.24) is 10.2 Å². The molecule has 1 aromatic carbocycles. The van der Waals surface area contributed by atoms with Gasteiger partial charge in [-0.05, 0) is 44.3 Å². The van der Waals surface area contributed by atoms with E-state index in [1.165, 1.54) is 5.56 Å². The molecule has 0 radical (unpaired) electrons. The third-order valence-corrected chi connectivity index (χ3v) is 4.11. The smallest absolute Gasteiger partial charge is 0.306 e. The van der Waals surface area contributed by atoms with Gasteiger partial charge in [-0.2, -0.15) is 0 Å². The molecule has 0 atom stereocenters. The van der Waals surface area contributed by atoms with Gasteiger partial charge in [0.15, 0.2) is 0 Å². The molecule has 0 unspecified atom stereocenters. The fraction of sp³-hybridized carbons (Fsp3) is 0.529. The minimum absolute atomic E-state index is 0. The molecule has 0 bridgehead atoms. The van der Waals surface area contributed by atoms with Gasteiger partial charge in [0, 0.05) is 6.54 Å². The highest BCUT2D eigenvalue weighted by atomic mass is 35.5. The molecule has 0 saturated carbocycles. The highest BCUT2D eigenvalue weighted by Gasteiger charge is 2.25. The number of benzene rings is 1. The van der Waals surface area contributed by atoms with E-state index in [-0.39, 0.29) is 24.2 Å². The number of carbonyl (C=O) groups is 2. The number of carbonyl (C=O) groups excluding carboxylic acids is 1. The molecule has 23 heavy (non-hydrogen) atoms. The van der Waals surface area contributed by atoms with Crippen LogP contribution in [-0.4, -0.2) is 48.1 Å². The fourth-order valence-electron chi connectivity index (χ4n) is 2.76. The third kappa shape index (κ3) is 7.01. The summed E-state index contributed by atoms with van der Waals surface area (Å²) in [6, 6.07) is 10.2. The number of amides is 1. The zero-order chi connectivity index (χ0) is 15.8. The van der Waals surface area contributed by atoms with Crippen LogP contribution in [0.25, 0.3) is 0 Å². The molecule has 1 saturated heterocycles. The maximum Gasteiger partial charge on any atom is 0.306 e. The Morgan fingerprint density at radius 1 is 1.17 bits per heavy atom. The van der Waals surface area contributed by atoms with Crippen LogP contribution in [-0.2, 0) is 16.0 Å². The predicted molar refractivity (Wildman–Crippen MR) is 91.8 cm³/mol. The van der Waals surface area contributed by atoms with Crippen LogP contribution in [0.2, 0.25) is 0 Å². The second-order valence-electron chi connectivity index (χ2n) is 5.83. The van der Waals surface area contributed by atoms with Crippen LogP contribution in [0.15, 0.2) is 30.3 Å². The Labute approximate surface area is 143 Å².